The minimum atomic E-state index is -1.83. The number of benzene rings is 3. The molecular weight excluding hydrogens is 730 g/mol. The van der Waals surface area contributed by atoms with E-state index in [2.05, 4.69) is 32.6 Å². The number of hydrogen-bond acceptors (Lipinski definition) is 16. The van der Waals surface area contributed by atoms with Crippen LogP contribution in [0.2, 0.25) is 0 Å². The molecule has 3 aliphatic rings. The molecule has 2 N–H and O–H groups in total. The van der Waals surface area contributed by atoms with Gasteiger partial charge in [0.25, 0.3) is 5.91 Å². The van der Waals surface area contributed by atoms with Gasteiger partial charge in [-0.2, -0.15) is 9.81 Å². The van der Waals surface area contributed by atoms with Crippen molar-refractivity contribution in [3.63, 3.8) is 0 Å². The Balaban J connectivity index is 1.36. The van der Waals surface area contributed by atoms with E-state index in [1.165, 1.54) is 25.3 Å². The quantitative estimate of drug-likeness (QED) is 0.105. The highest BCUT2D eigenvalue weighted by Gasteiger charge is 2.50. The number of nitroso groups, excluding NO2 is 4. The Bertz CT molecular complexity index is 2110. The van der Waals surface area contributed by atoms with Crippen LogP contribution in [-0.4, -0.2) is 72.9 Å². The summed E-state index contributed by atoms with van der Waals surface area (Å²) in [5.74, 6) is -2.55. The van der Waals surface area contributed by atoms with Gasteiger partial charge in [-0.25, -0.2) is 0 Å². The molecule has 0 saturated carbocycles. The number of methoxy groups -OCH3 is 1. The van der Waals surface area contributed by atoms with Crippen molar-refractivity contribution < 1.29 is 38.4 Å². The van der Waals surface area contributed by atoms with Gasteiger partial charge in [-0.05, 0) is 53.0 Å². The van der Waals surface area contributed by atoms with Crippen LogP contribution in [-0.2, 0) is 27.1 Å². The summed E-state index contributed by atoms with van der Waals surface area (Å²) >= 11 is 0. The molecule has 56 heavy (non-hydrogen) atoms. The van der Waals surface area contributed by atoms with Crippen LogP contribution in [0.4, 0.5) is 11.4 Å². The molecule has 292 valence electrons. The van der Waals surface area contributed by atoms with Gasteiger partial charge in [-0.3, -0.25) is 14.4 Å². The highest BCUT2D eigenvalue weighted by Crippen LogP contribution is 2.54. The van der Waals surface area contributed by atoms with E-state index in [0.717, 1.165) is 5.56 Å². The van der Waals surface area contributed by atoms with Crippen LogP contribution >= 0.6 is 0 Å². The molecule has 0 bridgehead atoms. The fourth-order valence-corrected chi connectivity index (χ4v) is 7.82. The normalized spacial score (nSPS) is 24.4. The van der Waals surface area contributed by atoms with Crippen molar-refractivity contribution in [2.24, 2.45) is 26.6 Å². The summed E-state index contributed by atoms with van der Waals surface area (Å²) < 4.78 is 23.5. The van der Waals surface area contributed by atoms with Gasteiger partial charge in [0, 0.05) is 36.3 Å². The molecule has 0 aromatic heterocycles. The Morgan fingerprint density at radius 1 is 1.05 bits per heavy atom. The molecule has 17 heteroatoms. The second kappa shape index (κ2) is 16.4. The van der Waals surface area contributed by atoms with E-state index in [1.807, 2.05) is 12.1 Å². The van der Waals surface area contributed by atoms with Crippen molar-refractivity contribution in [1.29, 1.82) is 0 Å². The van der Waals surface area contributed by atoms with Gasteiger partial charge in [-0.1, -0.05) is 47.6 Å². The van der Waals surface area contributed by atoms with Crippen LogP contribution in [0.3, 0.4) is 0 Å². The zero-order chi connectivity index (χ0) is 40.3. The molecular formula is C39H39N5O12. The number of aliphatic hydroxyl groups is 1. The predicted octanol–water partition coefficient (Wildman–Crippen LogP) is 5.97. The Hall–Kier alpha value is -5.91. The van der Waals surface area contributed by atoms with Gasteiger partial charge in [-0.15, -0.1) is 16.4 Å². The van der Waals surface area contributed by atoms with Crippen LogP contribution in [0.25, 0.3) is 0 Å². The van der Waals surface area contributed by atoms with Gasteiger partial charge >= 0.3 is 0 Å². The molecule has 1 amide bonds. The lowest BCUT2D eigenvalue weighted by Crippen LogP contribution is -2.55. The Morgan fingerprint density at radius 3 is 2.41 bits per heavy atom. The van der Waals surface area contributed by atoms with Crippen molar-refractivity contribution in [3.05, 3.63) is 114 Å². The van der Waals surface area contributed by atoms with E-state index in [1.54, 1.807) is 32.1 Å². The van der Waals surface area contributed by atoms with Crippen LogP contribution in [0.1, 0.15) is 81.3 Å². The van der Waals surface area contributed by atoms with Crippen molar-refractivity contribution in [2.75, 3.05) is 20.3 Å². The maximum atomic E-state index is 14.2. The minimum absolute atomic E-state index is 0.0434. The molecule has 0 radical (unpaired) electrons. The van der Waals surface area contributed by atoms with Gasteiger partial charge in [0.1, 0.15) is 28.9 Å². The van der Waals surface area contributed by atoms with Crippen LogP contribution in [0, 0.1) is 25.5 Å². The monoisotopic (exact) mass is 769 g/mol. The lowest BCUT2D eigenvalue weighted by Gasteiger charge is -2.44. The van der Waals surface area contributed by atoms with Crippen molar-refractivity contribution in [3.8, 4) is 11.5 Å². The average Bonchev–Trinajstić information content (AvgIpc) is 3.18. The van der Waals surface area contributed by atoms with E-state index in [0.29, 0.717) is 12.2 Å². The largest absolute Gasteiger partial charge is 0.496 e. The predicted molar refractivity (Wildman–Crippen MR) is 200 cm³/mol. The Kier molecular flexibility index (Phi) is 11.7. The molecule has 6 rings (SSSR count). The van der Waals surface area contributed by atoms with Gasteiger partial charge in [0.05, 0.1) is 54.2 Å². The zero-order valence-corrected chi connectivity index (χ0v) is 30.8. The third kappa shape index (κ3) is 7.27. The van der Waals surface area contributed by atoms with Crippen molar-refractivity contribution in [1.82, 2.24) is 5.32 Å². The number of fused-ring (bicyclic) bond motifs is 3. The maximum absolute atomic E-state index is 14.2. The standard InChI is InChI=1S/C39H39N5O12/c1-5-7-21-10-12-22(13-11-21)54-18-28(45)41-25-14-29(55-20(3)34(25)42-50)56-27-16-39(48,19(2)17-40-49)15-24-30(27)36(44-52)33-32(35(24)43-51)37(46)23-8-6-9-26(53-4)31(23)38(33)47/h5-6,8-13,19-20,25,27,29,34,48H,1,7,14-18H2,2-4H3,(H,41,45)/t19-,20+,25?,27+,29+,34-,39+/m0/s1. The van der Waals surface area contributed by atoms with E-state index in [9.17, 15) is 39.1 Å². The lowest BCUT2D eigenvalue weighted by atomic mass is 9.69. The molecule has 1 fully saturated rings. The Labute approximate surface area is 320 Å². The van der Waals surface area contributed by atoms with Crippen molar-refractivity contribution in [2.45, 2.75) is 75.7 Å². The van der Waals surface area contributed by atoms with Gasteiger partial charge < -0.3 is 29.4 Å². The summed E-state index contributed by atoms with van der Waals surface area (Å²) in [6.45, 7) is 6.06. The summed E-state index contributed by atoms with van der Waals surface area (Å²) in [7, 11) is 1.30. The second-order valence-electron chi connectivity index (χ2n) is 14.1. The summed E-state index contributed by atoms with van der Waals surface area (Å²) in [6, 6.07) is 9.41. The number of amides is 1. The minimum Gasteiger partial charge on any atom is -0.496 e. The molecule has 1 unspecified atom stereocenters. The SMILES string of the molecule is C=CCc1ccc(OCC(=O)NC2C[C@@H](O[C@@H]3C[C@@](O)([C@@H](C)CN=O)Cc4c(N=O)c5c(c(N=O)c43)C(=O)c3c(OC)cccc3C5=O)O[C@H](C)[C@@H]2N=O)cc1. The topological polar surface area (TPSA) is 238 Å². The zero-order valence-electron chi connectivity index (χ0n) is 30.8. The number of rotatable bonds is 15. The van der Waals surface area contributed by atoms with Gasteiger partial charge in [0.15, 0.2) is 18.7 Å². The summed E-state index contributed by atoms with van der Waals surface area (Å²) in [4.78, 5) is 90.3. The molecule has 2 aliphatic carbocycles. The third-order valence-electron chi connectivity index (χ3n) is 10.7. The summed E-state index contributed by atoms with van der Waals surface area (Å²) in [5.41, 5.74) is -3.21. The van der Waals surface area contributed by atoms with Crippen molar-refractivity contribution >= 4 is 28.8 Å². The first kappa shape index (κ1) is 39.8. The fourth-order valence-electron chi connectivity index (χ4n) is 7.82. The number of nitrogens with one attached hydrogen (secondary N) is 1. The maximum Gasteiger partial charge on any atom is 0.258 e. The van der Waals surface area contributed by atoms with Gasteiger partial charge in [0.2, 0.25) is 5.78 Å². The Morgan fingerprint density at radius 2 is 1.77 bits per heavy atom. The molecule has 17 nitrogen and oxygen atoms in total. The molecule has 7 atom stereocenters. The lowest BCUT2D eigenvalue weighted by molar-refractivity contribution is -0.232. The number of carbonyl (C=O) groups is 3. The highest BCUT2D eigenvalue weighted by molar-refractivity contribution is 6.32. The van der Waals surface area contributed by atoms with Crippen LogP contribution in [0.15, 0.2) is 75.8 Å². The molecule has 1 saturated heterocycles. The number of ether oxygens (including phenoxy) is 4. The van der Waals surface area contributed by atoms with Crippen LogP contribution < -0.4 is 14.8 Å². The first-order valence-electron chi connectivity index (χ1n) is 17.9. The van der Waals surface area contributed by atoms with E-state index < -0.39 is 95.1 Å². The molecule has 3 aromatic rings. The first-order valence-corrected chi connectivity index (χ1v) is 17.9. The highest BCUT2D eigenvalue weighted by atomic mass is 16.7. The van der Waals surface area contributed by atoms with E-state index >= 15 is 0 Å². The number of ketones is 2. The molecule has 0 spiro atoms. The number of nitrogens with zero attached hydrogens (tertiary/aromatic N) is 4. The summed E-state index contributed by atoms with van der Waals surface area (Å²) in [5, 5.41) is 27.3. The third-order valence-corrected chi connectivity index (χ3v) is 10.7. The smallest absolute Gasteiger partial charge is 0.258 e. The van der Waals surface area contributed by atoms with E-state index in [4.69, 9.17) is 18.9 Å². The number of allylic oxidation sites excluding steroid dienone is 1. The molecule has 1 heterocycles. The van der Waals surface area contributed by atoms with E-state index in [-0.39, 0.29) is 47.4 Å². The summed E-state index contributed by atoms with van der Waals surface area (Å²) in [6.07, 6.45) is -1.98. The molecule has 1 aliphatic heterocycles. The second-order valence-corrected chi connectivity index (χ2v) is 14.1. The average molecular weight is 770 g/mol. The fraction of sp³-hybridized carbons (Fsp3) is 0.410. The molecule has 3 aromatic carbocycles. The number of carbonyl (C=O) groups excluding carboxylic acids is 3. The van der Waals surface area contributed by atoms with Crippen LogP contribution in [0.5, 0.6) is 11.5 Å². The number of hydrogen-bond donors (Lipinski definition) is 2. The first-order chi connectivity index (χ1) is 26.9.